The normalized spacial score (nSPS) is 19.0. The number of thiophene rings is 1. The third-order valence-corrected chi connectivity index (χ3v) is 7.41. The van der Waals surface area contributed by atoms with Gasteiger partial charge in [0.25, 0.3) is 5.91 Å². The van der Waals surface area contributed by atoms with E-state index in [0.29, 0.717) is 24.4 Å². The quantitative estimate of drug-likeness (QED) is 0.648. The Morgan fingerprint density at radius 1 is 1.41 bits per heavy atom. The molecule has 1 atom stereocenters. The number of rotatable bonds is 6. The van der Waals surface area contributed by atoms with Crippen LogP contribution in [0.2, 0.25) is 0 Å². The van der Waals surface area contributed by atoms with E-state index in [-0.39, 0.29) is 17.4 Å². The lowest BCUT2D eigenvalue weighted by molar-refractivity contribution is -0.135. The van der Waals surface area contributed by atoms with Crippen molar-refractivity contribution >= 4 is 34.9 Å². The van der Waals surface area contributed by atoms with Gasteiger partial charge in [-0.2, -0.15) is 11.8 Å². The zero-order chi connectivity index (χ0) is 20.3. The fourth-order valence-electron chi connectivity index (χ4n) is 4.31. The first kappa shape index (κ1) is 20.4. The van der Waals surface area contributed by atoms with Gasteiger partial charge in [0.1, 0.15) is 6.04 Å². The highest BCUT2D eigenvalue weighted by atomic mass is 32.2. The monoisotopic (exact) mass is 433 g/mol. The van der Waals surface area contributed by atoms with Crippen molar-refractivity contribution in [3.05, 3.63) is 40.1 Å². The number of thioether (sulfide) groups is 1. The lowest BCUT2D eigenvalue weighted by Crippen LogP contribution is -2.57. The second kappa shape index (κ2) is 8.89. The molecule has 9 heteroatoms. The Balaban J connectivity index is 1.42. The summed E-state index contributed by atoms with van der Waals surface area (Å²) in [4.78, 5) is 36.1. The number of carbonyl (C=O) groups excluding carboxylic acids is 2. The molecule has 1 spiro atoms. The number of H-pyrrole nitrogens is 1. The predicted molar refractivity (Wildman–Crippen MR) is 116 cm³/mol. The minimum absolute atomic E-state index is 0.0249. The lowest BCUT2D eigenvalue weighted by atomic mass is 9.80. The highest BCUT2D eigenvalue weighted by Crippen LogP contribution is 2.36. The molecule has 0 radical (unpaired) electrons. The van der Waals surface area contributed by atoms with E-state index >= 15 is 0 Å². The van der Waals surface area contributed by atoms with Gasteiger partial charge in [-0.15, -0.1) is 11.3 Å². The van der Waals surface area contributed by atoms with Gasteiger partial charge >= 0.3 is 0 Å². The van der Waals surface area contributed by atoms with Crippen LogP contribution in [0.15, 0.2) is 23.8 Å². The van der Waals surface area contributed by atoms with Gasteiger partial charge in [0.2, 0.25) is 5.91 Å². The number of hydrogen-bond acceptors (Lipinski definition) is 6. The van der Waals surface area contributed by atoms with Gasteiger partial charge in [0.05, 0.1) is 22.4 Å². The summed E-state index contributed by atoms with van der Waals surface area (Å²) < 4.78 is 0. The van der Waals surface area contributed by atoms with Crippen molar-refractivity contribution in [1.82, 2.24) is 25.5 Å². The number of likely N-dealkylation sites (tertiary alicyclic amines) is 1. The molecule has 2 aliphatic rings. The lowest BCUT2D eigenvalue weighted by Gasteiger charge is -2.44. The summed E-state index contributed by atoms with van der Waals surface area (Å²) in [6.45, 7) is 2.27. The van der Waals surface area contributed by atoms with Crippen molar-refractivity contribution in [1.29, 1.82) is 0 Å². The SMILES string of the molecule is CSCC[C@@H](NC(=O)c1cccs1)C(=O)N1CCC2(CC1)NCCc1[nH]cnc12. The van der Waals surface area contributed by atoms with Crippen LogP contribution < -0.4 is 10.6 Å². The molecular weight excluding hydrogens is 406 g/mol. The molecule has 0 unspecified atom stereocenters. The fraction of sp³-hybridized carbons (Fsp3) is 0.550. The van der Waals surface area contributed by atoms with E-state index in [4.69, 9.17) is 0 Å². The van der Waals surface area contributed by atoms with E-state index in [1.54, 1.807) is 24.2 Å². The summed E-state index contributed by atoms with van der Waals surface area (Å²) in [5.41, 5.74) is 2.18. The van der Waals surface area contributed by atoms with Crippen molar-refractivity contribution in [2.75, 3.05) is 31.6 Å². The molecule has 29 heavy (non-hydrogen) atoms. The number of aromatic amines is 1. The van der Waals surface area contributed by atoms with E-state index in [9.17, 15) is 9.59 Å². The number of nitrogens with zero attached hydrogens (tertiary/aromatic N) is 2. The van der Waals surface area contributed by atoms with Crippen molar-refractivity contribution in [2.45, 2.75) is 37.3 Å². The van der Waals surface area contributed by atoms with Crippen molar-refractivity contribution in [3.8, 4) is 0 Å². The highest BCUT2D eigenvalue weighted by molar-refractivity contribution is 7.98. The summed E-state index contributed by atoms with van der Waals surface area (Å²) in [5, 5.41) is 8.50. The zero-order valence-electron chi connectivity index (χ0n) is 16.6. The van der Waals surface area contributed by atoms with Crippen LogP contribution in [0.25, 0.3) is 0 Å². The molecule has 0 aliphatic carbocycles. The second-order valence-corrected chi connectivity index (χ2v) is 9.53. The zero-order valence-corrected chi connectivity index (χ0v) is 18.2. The maximum absolute atomic E-state index is 13.2. The van der Waals surface area contributed by atoms with Gasteiger partial charge in [-0.25, -0.2) is 4.98 Å². The summed E-state index contributed by atoms with van der Waals surface area (Å²) >= 11 is 3.08. The van der Waals surface area contributed by atoms with Gasteiger partial charge in [-0.05, 0) is 42.7 Å². The minimum atomic E-state index is -0.480. The molecule has 3 N–H and O–H groups in total. The number of aromatic nitrogens is 2. The van der Waals surface area contributed by atoms with Crippen LogP contribution >= 0.6 is 23.1 Å². The van der Waals surface area contributed by atoms with E-state index in [1.165, 1.54) is 17.0 Å². The van der Waals surface area contributed by atoms with E-state index in [2.05, 4.69) is 20.6 Å². The second-order valence-electron chi connectivity index (χ2n) is 7.60. The first-order valence-corrected chi connectivity index (χ1v) is 12.3. The fourth-order valence-corrected chi connectivity index (χ4v) is 5.41. The van der Waals surface area contributed by atoms with Crippen LogP contribution in [0.3, 0.4) is 0 Å². The van der Waals surface area contributed by atoms with Gasteiger partial charge in [0.15, 0.2) is 0 Å². The average Bonchev–Trinajstić information content (AvgIpc) is 3.44. The third kappa shape index (κ3) is 4.22. The maximum Gasteiger partial charge on any atom is 0.261 e. The molecule has 1 fully saturated rings. The molecule has 0 aromatic carbocycles. The summed E-state index contributed by atoms with van der Waals surface area (Å²) in [5.74, 6) is 0.691. The van der Waals surface area contributed by atoms with Gasteiger partial charge in [-0.3, -0.25) is 9.59 Å². The average molecular weight is 434 g/mol. The number of hydrogen-bond donors (Lipinski definition) is 3. The van der Waals surface area contributed by atoms with Crippen molar-refractivity contribution in [3.63, 3.8) is 0 Å². The standard InChI is InChI=1S/C20H27N5O2S2/c1-28-12-5-15(24-18(26)16-3-2-11-29-16)19(27)25-9-6-20(7-10-25)17-14(4-8-23-20)21-13-22-17/h2-3,11,13,15,23H,4-10,12H2,1H3,(H,21,22)(H,24,26)/t15-/m1/s1. The van der Waals surface area contributed by atoms with Crippen molar-refractivity contribution in [2.24, 2.45) is 0 Å². The number of imidazole rings is 1. The van der Waals surface area contributed by atoms with Crippen LogP contribution in [-0.2, 0) is 16.8 Å². The molecular formula is C20H27N5O2S2. The number of amides is 2. The molecule has 1 saturated heterocycles. The van der Waals surface area contributed by atoms with Gasteiger partial charge in [0, 0.05) is 31.7 Å². The first-order chi connectivity index (χ1) is 14.1. The first-order valence-electron chi connectivity index (χ1n) is 10.0. The molecule has 156 valence electrons. The summed E-state index contributed by atoms with van der Waals surface area (Å²) in [6, 6.07) is 3.16. The molecule has 2 amide bonds. The Kier molecular flexibility index (Phi) is 6.26. The molecule has 7 nitrogen and oxygen atoms in total. The number of carbonyl (C=O) groups is 2. The Labute approximate surface area is 179 Å². The molecule has 2 aromatic rings. The largest absolute Gasteiger partial charge is 0.348 e. The van der Waals surface area contributed by atoms with Crippen LogP contribution in [0, 0.1) is 0 Å². The molecule has 4 heterocycles. The Bertz CT molecular complexity index is 843. The van der Waals surface area contributed by atoms with Crippen LogP contribution in [0.5, 0.6) is 0 Å². The molecule has 0 bridgehead atoms. The third-order valence-electron chi connectivity index (χ3n) is 5.90. The van der Waals surface area contributed by atoms with E-state index in [0.717, 1.165) is 37.3 Å². The summed E-state index contributed by atoms with van der Waals surface area (Å²) in [7, 11) is 0. The van der Waals surface area contributed by atoms with Crippen LogP contribution in [0.4, 0.5) is 0 Å². The van der Waals surface area contributed by atoms with Crippen LogP contribution in [0.1, 0.15) is 40.3 Å². The number of piperidine rings is 1. The van der Waals surface area contributed by atoms with Crippen molar-refractivity contribution < 1.29 is 9.59 Å². The Morgan fingerprint density at radius 3 is 2.97 bits per heavy atom. The molecule has 2 aromatic heterocycles. The highest BCUT2D eigenvalue weighted by Gasteiger charge is 2.42. The minimum Gasteiger partial charge on any atom is -0.348 e. The topological polar surface area (TPSA) is 90.1 Å². The predicted octanol–water partition coefficient (Wildman–Crippen LogP) is 1.99. The molecule has 4 rings (SSSR count). The number of nitrogens with one attached hydrogen (secondary N) is 3. The van der Waals surface area contributed by atoms with E-state index < -0.39 is 6.04 Å². The molecule has 2 aliphatic heterocycles. The maximum atomic E-state index is 13.2. The smallest absolute Gasteiger partial charge is 0.261 e. The Morgan fingerprint density at radius 2 is 2.24 bits per heavy atom. The molecule has 0 saturated carbocycles. The van der Waals surface area contributed by atoms with Gasteiger partial charge < -0.3 is 20.5 Å². The number of fused-ring (bicyclic) bond motifs is 2. The van der Waals surface area contributed by atoms with E-state index in [1.807, 2.05) is 22.6 Å². The summed E-state index contributed by atoms with van der Waals surface area (Å²) in [6.07, 6.45) is 7.07. The van der Waals surface area contributed by atoms with Gasteiger partial charge in [-0.1, -0.05) is 6.07 Å². The van der Waals surface area contributed by atoms with Crippen LogP contribution in [-0.4, -0.2) is 64.4 Å². The Hall–Kier alpha value is -1.84.